The molecule has 7 nitrogen and oxygen atoms in total. The van der Waals surface area contributed by atoms with Gasteiger partial charge in [0.15, 0.2) is 0 Å². The molecule has 0 aliphatic carbocycles. The van der Waals surface area contributed by atoms with Crippen LogP contribution in [-0.2, 0) is 11.8 Å². The number of rotatable bonds is 2. The Balaban J connectivity index is 1.97. The second-order valence-corrected chi connectivity index (χ2v) is 6.48. The van der Waals surface area contributed by atoms with Gasteiger partial charge in [0.05, 0.1) is 22.5 Å². The molecule has 134 valence electrons. The third-order valence-electron chi connectivity index (χ3n) is 4.62. The summed E-state index contributed by atoms with van der Waals surface area (Å²) < 4.78 is 7.70. The molecule has 0 spiro atoms. The summed E-state index contributed by atoms with van der Waals surface area (Å²) in [7, 11) is 1.61. The smallest absolute Gasteiger partial charge is 0.409 e. The summed E-state index contributed by atoms with van der Waals surface area (Å²) in [6.45, 7) is 2.98. The molecule has 3 rings (SSSR count). The standard InChI is InChI=1S/C17H20ClN3O4/c1-3-25-17(24)20-9-7-11(8-10-20)21-15(22)12-5-4-6-13(18)14(12)19(2)16(21)23/h4-6,11H,3,7-10H2,1-2H3. The molecular weight excluding hydrogens is 346 g/mol. The van der Waals surface area contributed by atoms with Crippen molar-refractivity contribution in [2.45, 2.75) is 25.8 Å². The van der Waals surface area contributed by atoms with Crippen LogP contribution >= 0.6 is 11.6 Å². The zero-order chi connectivity index (χ0) is 18.1. The Morgan fingerprint density at radius 2 is 1.96 bits per heavy atom. The molecule has 0 unspecified atom stereocenters. The van der Waals surface area contributed by atoms with E-state index in [2.05, 4.69) is 0 Å². The van der Waals surface area contributed by atoms with E-state index in [4.69, 9.17) is 16.3 Å². The average molecular weight is 366 g/mol. The van der Waals surface area contributed by atoms with Crippen LogP contribution in [-0.4, -0.2) is 39.8 Å². The van der Waals surface area contributed by atoms with Crippen molar-refractivity contribution < 1.29 is 9.53 Å². The maximum atomic E-state index is 12.9. The van der Waals surface area contributed by atoms with Gasteiger partial charge in [-0.2, -0.15) is 0 Å². The van der Waals surface area contributed by atoms with Gasteiger partial charge in [-0.1, -0.05) is 17.7 Å². The summed E-state index contributed by atoms with van der Waals surface area (Å²) in [4.78, 5) is 39.0. The van der Waals surface area contributed by atoms with E-state index in [-0.39, 0.29) is 23.4 Å². The van der Waals surface area contributed by atoms with Crippen LogP contribution in [0.15, 0.2) is 27.8 Å². The number of aromatic nitrogens is 2. The number of amides is 1. The summed E-state index contributed by atoms with van der Waals surface area (Å²) in [6, 6.07) is 4.78. The second kappa shape index (κ2) is 6.92. The molecule has 25 heavy (non-hydrogen) atoms. The third-order valence-corrected chi connectivity index (χ3v) is 4.93. The fourth-order valence-electron chi connectivity index (χ4n) is 3.35. The monoisotopic (exact) mass is 365 g/mol. The van der Waals surface area contributed by atoms with Crippen LogP contribution in [0.3, 0.4) is 0 Å². The average Bonchev–Trinajstić information content (AvgIpc) is 2.60. The van der Waals surface area contributed by atoms with Gasteiger partial charge in [-0.15, -0.1) is 0 Å². The fourth-order valence-corrected chi connectivity index (χ4v) is 3.65. The number of ether oxygens (including phenoxy) is 1. The lowest BCUT2D eigenvalue weighted by atomic mass is 10.0. The minimum atomic E-state index is -0.389. The zero-order valence-corrected chi connectivity index (χ0v) is 15.0. The molecule has 0 atom stereocenters. The zero-order valence-electron chi connectivity index (χ0n) is 14.2. The van der Waals surface area contributed by atoms with Crippen molar-refractivity contribution in [3.05, 3.63) is 44.1 Å². The van der Waals surface area contributed by atoms with Crippen molar-refractivity contribution in [1.82, 2.24) is 14.0 Å². The number of piperidine rings is 1. The Morgan fingerprint density at radius 3 is 2.60 bits per heavy atom. The lowest BCUT2D eigenvalue weighted by Gasteiger charge is -2.32. The van der Waals surface area contributed by atoms with Gasteiger partial charge in [0.2, 0.25) is 0 Å². The number of para-hydroxylation sites is 1. The lowest BCUT2D eigenvalue weighted by molar-refractivity contribution is 0.0919. The number of aryl methyl sites for hydroxylation is 1. The van der Waals surface area contributed by atoms with E-state index in [0.29, 0.717) is 48.5 Å². The predicted molar refractivity (Wildman–Crippen MR) is 95.3 cm³/mol. The summed E-state index contributed by atoms with van der Waals surface area (Å²) >= 11 is 6.16. The molecule has 2 aromatic rings. The molecule has 8 heteroatoms. The SMILES string of the molecule is CCOC(=O)N1CCC(n2c(=O)c3cccc(Cl)c3n(C)c2=O)CC1. The largest absolute Gasteiger partial charge is 0.450 e. The maximum absolute atomic E-state index is 12.9. The highest BCUT2D eigenvalue weighted by Gasteiger charge is 2.27. The van der Waals surface area contributed by atoms with E-state index in [1.165, 1.54) is 9.13 Å². The molecule has 1 aromatic carbocycles. The predicted octanol–water partition coefficient (Wildman–Crippen LogP) is 2.15. The molecular formula is C17H20ClN3O4. The summed E-state index contributed by atoms with van der Waals surface area (Å²) in [5, 5.41) is 0.793. The van der Waals surface area contributed by atoms with Crippen molar-refractivity contribution in [1.29, 1.82) is 0 Å². The van der Waals surface area contributed by atoms with Crippen LogP contribution in [0.4, 0.5) is 4.79 Å². The first kappa shape index (κ1) is 17.5. The van der Waals surface area contributed by atoms with Crippen LogP contribution < -0.4 is 11.2 Å². The van der Waals surface area contributed by atoms with Gasteiger partial charge in [0.1, 0.15) is 0 Å². The van der Waals surface area contributed by atoms with Crippen molar-refractivity contribution in [2.24, 2.45) is 7.05 Å². The lowest BCUT2D eigenvalue weighted by Crippen LogP contribution is -2.46. The van der Waals surface area contributed by atoms with Crippen molar-refractivity contribution in [3.8, 4) is 0 Å². The van der Waals surface area contributed by atoms with Gasteiger partial charge in [-0.05, 0) is 31.9 Å². The number of halogens is 1. The number of fused-ring (bicyclic) bond motifs is 1. The van der Waals surface area contributed by atoms with Gasteiger partial charge in [0, 0.05) is 26.2 Å². The highest BCUT2D eigenvalue weighted by atomic mass is 35.5. The van der Waals surface area contributed by atoms with Gasteiger partial charge in [0.25, 0.3) is 5.56 Å². The highest BCUT2D eigenvalue weighted by molar-refractivity contribution is 6.35. The number of carbonyl (C=O) groups is 1. The molecule has 0 bridgehead atoms. The van der Waals surface area contributed by atoms with Crippen LogP contribution in [0.5, 0.6) is 0 Å². The van der Waals surface area contributed by atoms with Crippen molar-refractivity contribution >= 4 is 28.6 Å². The molecule has 1 saturated heterocycles. The van der Waals surface area contributed by atoms with E-state index >= 15 is 0 Å². The van der Waals surface area contributed by atoms with E-state index in [0.717, 1.165) is 0 Å². The van der Waals surface area contributed by atoms with E-state index < -0.39 is 0 Å². The topological polar surface area (TPSA) is 73.5 Å². The fraction of sp³-hybridized carbons (Fsp3) is 0.471. The summed E-state index contributed by atoms with van der Waals surface area (Å²) in [5.74, 6) is 0. The Labute approximate surface area is 149 Å². The molecule has 1 aliphatic rings. The highest BCUT2D eigenvalue weighted by Crippen LogP contribution is 2.23. The Kier molecular flexibility index (Phi) is 4.85. The molecule has 1 amide bonds. The minimum Gasteiger partial charge on any atom is -0.450 e. The first-order valence-corrected chi connectivity index (χ1v) is 8.65. The third kappa shape index (κ3) is 3.04. The normalized spacial score (nSPS) is 15.6. The van der Waals surface area contributed by atoms with E-state index in [1.54, 1.807) is 37.1 Å². The van der Waals surface area contributed by atoms with Crippen LogP contribution in [0.2, 0.25) is 5.02 Å². The first-order chi connectivity index (χ1) is 12.0. The van der Waals surface area contributed by atoms with Gasteiger partial charge in [-0.25, -0.2) is 9.59 Å². The Bertz CT molecular complexity index is 926. The Hall–Kier alpha value is -2.28. The quantitative estimate of drug-likeness (QED) is 0.817. The van der Waals surface area contributed by atoms with Crippen LogP contribution in [0, 0.1) is 0 Å². The van der Waals surface area contributed by atoms with Crippen molar-refractivity contribution in [2.75, 3.05) is 19.7 Å². The molecule has 0 radical (unpaired) electrons. The maximum Gasteiger partial charge on any atom is 0.409 e. The molecule has 0 saturated carbocycles. The first-order valence-electron chi connectivity index (χ1n) is 8.27. The van der Waals surface area contributed by atoms with Crippen LogP contribution in [0.1, 0.15) is 25.8 Å². The van der Waals surface area contributed by atoms with E-state index in [9.17, 15) is 14.4 Å². The molecule has 1 aliphatic heterocycles. The van der Waals surface area contributed by atoms with Gasteiger partial charge >= 0.3 is 11.8 Å². The van der Waals surface area contributed by atoms with E-state index in [1.807, 2.05) is 0 Å². The van der Waals surface area contributed by atoms with Crippen molar-refractivity contribution in [3.63, 3.8) is 0 Å². The molecule has 2 heterocycles. The summed E-state index contributed by atoms with van der Waals surface area (Å²) in [5.41, 5.74) is -0.283. The molecule has 1 fully saturated rings. The number of benzene rings is 1. The minimum absolute atomic E-state index is 0.250. The number of hydrogen-bond acceptors (Lipinski definition) is 4. The number of carbonyl (C=O) groups excluding carboxylic acids is 1. The Morgan fingerprint density at radius 1 is 1.28 bits per heavy atom. The number of hydrogen-bond donors (Lipinski definition) is 0. The van der Waals surface area contributed by atoms with Gasteiger partial charge in [-0.3, -0.25) is 13.9 Å². The van der Waals surface area contributed by atoms with Crippen LogP contribution in [0.25, 0.3) is 10.9 Å². The molecule has 0 N–H and O–H groups in total. The number of nitrogens with zero attached hydrogens (tertiary/aromatic N) is 3. The summed E-state index contributed by atoms with van der Waals surface area (Å²) in [6.07, 6.45) is 0.701. The second-order valence-electron chi connectivity index (χ2n) is 6.07. The molecule has 1 aromatic heterocycles. The number of likely N-dealkylation sites (tertiary alicyclic amines) is 1. The van der Waals surface area contributed by atoms with Gasteiger partial charge < -0.3 is 9.64 Å².